The van der Waals surface area contributed by atoms with Crippen LogP contribution >= 0.6 is 12.0 Å². The molecule has 1 aromatic rings. The summed E-state index contributed by atoms with van der Waals surface area (Å²) in [6.07, 6.45) is 0. The smallest absolute Gasteiger partial charge is 0.200 e. The summed E-state index contributed by atoms with van der Waals surface area (Å²) in [6.45, 7) is 0. The summed E-state index contributed by atoms with van der Waals surface area (Å²) in [7, 11) is 1.01. The molecule has 0 saturated carbocycles. The van der Waals surface area contributed by atoms with Crippen LogP contribution in [-0.2, 0) is 14.3 Å². The Morgan fingerprint density at radius 1 is 0.812 bits per heavy atom. The van der Waals surface area contributed by atoms with Gasteiger partial charge in [0.1, 0.15) is 4.90 Å². The van der Waals surface area contributed by atoms with Crippen LogP contribution < -0.4 is 0 Å². The maximum atomic E-state index is 12.9. The van der Waals surface area contributed by atoms with Crippen LogP contribution in [-0.4, -0.2) is 7.11 Å². The van der Waals surface area contributed by atoms with Crippen molar-refractivity contribution in [3.8, 4) is 0 Å². The molecule has 0 aliphatic heterocycles. The van der Waals surface area contributed by atoms with Crippen LogP contribution in [0.5, 0.6) is 0 Å². The second-order valence-corrected chi connectivity index (χ2v) is 3.00. The molecule has 0 aromatic heterocycles. The monoisotopic (exact) mass is 262 g/mol. The molecular formula is C7H3F5O3S. The first kappa shape index (κ1) is 13.2. The van der Waals surface area contributed by atoms with Crippen LogP contribution in [0.2, 0.25) is 0 Å². The Balaban J connectivity index is 3.08. The maximum Gasteiger partial charge on any atom is 0.200 e. The van der Waals surface area contributed by atoms with Crippen molar-refractivity contribution < 1.29 is 36.2 Å². The van der Waals surface area contributed by atoms with Gasteiger partial charge in [0, 0.05) is 0 Å². The van der Waals surface area contributed by atoms with Crippen LogP contribution in [0.25, 0.3) is 0 Å². The van der Waals surface area contributed by atoms with Gasteiger partial charge >= 0.3 is 0 Å². The summed E-state index contributed by atoms with van der Waals surface area (Å²) in [5.41, 5.74) is 0. The Labute approximate surface area is 90.2 Å². The highest BCUT2D eigenvalue weighted by Crippen LogP contribution is 2.31. The third kappa shape index (κ3) is 2.43. The van der Waals surface area contributed by atoms with Gasteiger partial charge in [-0.1, -0.05) is 5.04 Å². The molecule has 0 radical (unpaired) electrons. The molecule has 9 heteroatoms. The van der Waals surface area contributed by atoms with E-state index in [0.29, 0.717) is 0 Å². The SMILES string of the molecule is COOOSc1c(F)c(F)c(F)c(F)c1F. The highest BCUT2D eigenvalue weighted by molar-refractivity contribution is 7.94. The van der Waals surface area contributed by atoms with E-state index in [2.05, 4.69) is 14.3 Å². The van der Waals surface area contributed by atoms with E-state index >= 15 is 0 Å². The zero-order chi connectivity index (χ0) is 12.3. The summed E-state index contributed by atoms with van der Waals surface area (Å²) < 4.78 is 67.5. The van der Waals surface area contributed by atoms with Gasteiger partial charge in [-0.2, -0.15) is 0 Å². The second-order valence-electron chi connectivity index (χ2n) is 2.29. The van der Waals surface area contributed by atoms with Crippen LogP contribution in [0, 0.1) is 29.1 Å². The Morgan fingerprint density at radius 2 is 1.25 bits per heavy atom. The van der Waals surface area contributed by atoms with Gasteiger partial charge in [-0.3, -0.25) is 0 Å². The second kappa shape index (κ2) is 5.43. The fraction of sp³-hybridized carbons (Fsp3) is 0.143. The minimum absolute atomic E-state index is 0.209. The van der Waals surface area contributed by atoms with Gasteiger partial charge in [-0.15, -0.1) is 4.33 Å². The molecule has 90 valence electrons. The largest absolute Gasteiger partial charge is 0.209 e. The van der Waals surface area contributed by atoms with Crippen molar-refractivity contribution >= 4 is 12.0 Å². The lowest BCUT2D eigenvalue weighted by Crippen LogP contribution is -2.03. The van der Waals surface area contributed by atoms with E-state index in [1.54, 1.807) is 0 Å². The van der Waals surface area contributed by atoms with Gasteiger partial charge in [0.25, 0.3) is 0 Å². The van der Waals surface area contributed by atoms with E-state index in [0.717, 1.165) is 7.11 Å². The van der Waals surface area contributed by atoms with Crippen molar-refractivity contribution in [3.05, 3.63) is 29.1 Å². The highest BCUT2D eigenvalue weighted by atomic mass is 32.2. The molecule has 16 heavy (non-hydrogen) atoms. The first-order valence-electron chi connectivity index (χ1n) is 3.56. The normalized spacial score (nSPS) is 10.9. The van der Waals surface area contributed by atoms with E-state index in [9.17, 15) is 22.0 Å². The Hall–Kier alpha value is -0.900. The van der Waals surface area contributed by atoms with Crippen LogP contribution in [0.4, 0.5) is 22.0 Å². The molecule has 3 nitrogen and oxygen atoms in total. The van der Waals surface area contributed by atoms with Crippen LogP contribution in [0.1, 0.15) is 0 Å². The first-order valence-corrected chi connectivity index (χ1v) is 4.30. The van der Waals surface area contributed by atoms with Crippen molar-refractivity contribution in [2.75, 3.05) is 7.11 Å². The Kier molecular flexibility index (Phi) is 4.47. The highest BCUT2D eigenvalue weighted by Gasteiger charge is 2.26. The predicted octanol–water partition coefficient (Wildman–Crippen LogP) is 2.90. The number of hydrogen-bond donors (Lipinski definition) is 0. The van der Waals surface area contributed by atoms with Gasteiger partial charge in [0.05, 0.1) is 19.2 Å². The Bertz CT molecular complexity index is 371. The van der Waals surface area contributed by atoms with E-state index in [1.165, 1.54) is 0 Å². The number of halogens is 5. The van der Waals surface area contributed by atoms with Gasteiger partial charge in [-0.25, -0.2) is 26.8 Å². The molecular weight excluding hydrogens is 259 g/mol. The first-order chi connectivity index (χ1) is 7.50. The van der Waals surface area contributed by atoms with Crippen molar-refractivity contribution in [2.45, 2.75) is 4.90 Å². The van der Waals surface area contributed by atoms with Gasteiger partial charge in [0.2, 0.25) is 5.82 Å². The van der Waals surface area contributed by atoms with E-state index < -0.39 is 34.0 Å². The average Bonchev–Trinajstić information content (AvgIpc) is 2.28. The molecule has 0 amide bonds. The molecule has 0 spiro atoms. The quantitative estimate of drug-likeness (QED) is 0.159. The molecule has 1 rings (SSSR count). The summed E-state index contributed by atoms with van der Waals surface area (Å²) in [5, 5.41) is 3.75. The number of hydrogen-bond acceptors (Lipinski definition) is 4. The summed E-state index contributed by atoms with van der Waals surface area (Å²) in [4.78, 5) is 2.65. The molecule has 0 saturated heterocycles. The van der Waals surface area contributed by atoms with E-state index in [4.69, 9.17) is 0 Å². The van der Waals surface area contributed by atoms with Crippen molar-refractivity contribution in [1.82, 2.24) is 0 Å². The minimum atomic E-state index is -2.24. The van der Waals surface area contributed by atoms with Crippen LogP contribution in [0.15, 0.2) is 4.90 Å². The van der Waals surface area contributed by atoms with E-state index in [-0.39, 0.29) is 12.0 Å². The fourth-order valence-electron chi connectivity index (χ4n) is 0.734. The fourth-order valence-corrected chi connectivity index (χ4v) is 1.21. The predicted molar refractivity (Wildman–Crippen MR) is 41.3 cm³/mol. The molecule has 0 heterocycles. The molecule has 1 aromatic carbocycles. The zero-order valence-electron chi connectivity index (χ0n) is 7.52. The van der Waals surface area contributed by atoms with E-state index in [1.807, 2.05) is 0 Å². The van der Waals surface area contributed by atoms with Crippen molar-refractivity contribution in [1.29, 1.82) is 0 Å². The lowest BCUT2D eigenvalue weighted by atomic mass is 10.3. The van der Waals surface area contributed by atoms with Crippen molar-refractivity contribution in [2.24, 2.45) is 0 Å². The Morgan fingerprint density at radius 3 is 1.69 bits per heavy atom. The molecule has 0 atom stereocenters. The molecule has 0 fully saturated rings. The summed E-state index contributed by atoms with van der Waals surface area (Å²) in [5.74, 6) is -10.4. The molecule has 0 aliphatic carbocycles. The van der Waals surface area contributed by atoms with Gasteiger partial charge in [0.15, 0.2) is 23.3 Å². The molecule has 0 aliphatic rings. The zero-order valence-corrected chi connectivity index (χ0v) is 8.34. The van der Waals surface area contributed by atoms with Crippen molar-refractivity contribution in [3.63, 3.8) is 0 Å². The maximum absolute atomic E-state index is 12.9. The standard InChI is InChI=1S/C7H3F5O3S/c1-13-14-15-16-7-5(11)3(9)2(8)4(10)6(7)12/h1H3. The number of rotatable bonds is 4. The average molecular weight is 262 g/mol. The topological polar surface area (TPSA) is 27.7 Å². The molecule has 0 bridgehead atoms. The molecule has 0 N–H and O–H groups in total. The lowest BCUT2D eigenvalue weighted by Gasteiger charge is -2.05. The molecule has 0 unspecified atom stereocenters. The minimum Gasteiger partial charge on any atom is -0.209 e. The van der Waals surface area contributed by atoms with Gasteiger partial charge < -0.3 is 0 Å². The van der Waals surface area contributed by atoms with Gasteiger partial charge in [-0.05, 0) is 0 Å². The van der Waals surface area contributed by atoms with Crippen LogP contribution in [0.3, 0.4) is 0 Å². The third-order valence-corrected chi connectivity index (χ3v) is 2.03. The summed E-state index contributed by atoms with van der Waals surface area (Å²) >= 11 is -0.209. The third-order valence-electron chi connectivity index (χ3n) is 1.38. The summed E-state index contributed by atoms with van der Waals surface area (Å²) in [6, 6.07) is 0. The lowest BCUT2D eigenvalue weighted by molar-refractivity contribution is -0.447. The number of benzene rings is 1.